The van der Waals surface area contributed by atoms with Crippen LogP contribution in [0.15, 0.2) is 12.7 Å². The van der Waals surface area contributed by atoms with E-state index in [0.29, 0.717) is 0 Å². The summed E-state index contributed by atoms with van der Waals surface area (Å²) in [5.74, 6) is 0. The van der Waals surface area contributed by atoms with Gasteiger partial charge in [-0.05, 0) is 6.42 Å². The lowest BCUT2D eigenvalue weighted by Gasteiger charge is -2.34. The normalized spacial score (nSPS) is 17.0. The van der Waals surface area contributed by atoms with Gasteiger partial charge in [-0.2, -0.15) is 10.2 Å². The van der Waals surface area contributed by atoms with E-state index in [1.54, 1.807) is 17.3 Å². The third kappa shape index (κ3) is 3.91. The molecule has 7 nitrogen and oxygen atoms in total. The molecule has 126 valence electrons. The minimum Gasteiger partial charge on any atom is -0.299 e. The summed E-state index contributed by atoms with van der Waals surface area (Å²) in [4.78, 5) is 8.92. The lowest BCUT2D eigenvalue weighted by Crippen LogP contribution is -2.46. The van der Waals surface area contributed by atoms with Crippen LogP contribution in [-0.2, 0) is 26.6 Å². The van der Waals surface area contributed by atoms with Crippen LogP contribution in [0.3, 0.4) is 0 Å². The van der Waals surface area contributed by atoms with Crippen molar-refractivity contribution >= 4 is 11.6 Å². The molecule has 2 aromatic rings. The Balaban J connectivity index is 1.49. The number of hydrogen-bond acceptors (Lipinski definition) is 5. The van der Waals surface area contributed by atoms with Gasteiger partial charge in [0.05, 0.1) is 12.2 Å². The first-order chi connectivity index (χ1) is 11.2. The van der Waals surface area contributed by atoms with Gasteiger partial charge in [-0.3, -0.25) is 19.2 Å². The predicted octanol–water partition coefficient (Wildman–Crippen LogP) is 1.05. The van der Waals surface area contributed by atoms with Gasteiger partial charge in [-0.1, -0.05) is 18.5 Å². The summed E-state index contributed by atoms with van der Waals surface area (Å²) in [6.45, 7) is 9.22. The average molecular weight is 338 g/mol. The van der Waals surface area contributed by atoms with Crippen molar-refractivity contribution < 1.29 is 0 Å². The monoisotopic (exact) mass is 337 g/mol. The molecule has 0 radical (unpaired) electrons. The summed E-state index contributed by atoms with van der Waals surface area (Å²) in [5, 5.41) is 9.42. The summed E-state index contributed by atoms with van der Waals surface area (Å²) >= 11 is 6.40. The highest BCUT2D eigenvalue weighted by Crippen LogP contribution is 2.22. The van der Waals surface area contributed by atoms with Crippen LogP contribution in [0.1, 0.15) is 18.2 Å². The molecule has 0 aromatic carbocycles. The fourth-order valence-electron chi connectivity index (χ4n) is 3.03. The van der Waals surface area contributed by atoms with Crippen molar-refractivity contribution in [3.63, 3.8) is 0 Å². The molecule has 23 heavy (non-hydrogen) atoms. The van der Waals surface area contributed by atoms with Crippen molar-refractivity contribution in [3.8, 4) is 0 Å². The fourth-order valence-corrected chi connectivity index (χ4v) is 3.23. The van der Waals surface area contributed by atoms with E-state index in [9.17, 15) is 0 Å². The topological polar surface area (TPSA) is 55.0 Å². The Morgan fingerprint density at radius 2 is 1.87 bits per heavy atom. The van der Waals surface area contributed by atoms with E-state index in [4.69, 9.17) is 11.6 Å². The Hall–Kier alpha value is -1.44. The van der Waals surface area contributed by atoms with E-state index in [1.807, 2.05) is 11.7 Å². The van der Waals surface area contributed by atoms with Crippen LogP contribution in [0, 0.1) is 0 Å². The van der Waals surface area contributed by atoms with Gasteiger partial charge in [0.25, 0.3) is 0 Å². The highest BCUT2D eigenvalue weighted by atomic mass is 35.5. The Morgan fingerprint density at radius 1 is 1.13 bits per heavy atom. The quantitative estimate of drug-likeness (QED) is 0.788. The Morgan fingerprint density at radius 3 is 2.52 bits per heavy atom. The average Bonchev–Trinajstić information content (AvgIpc) is 3.18. The molecule has 3 heterocycles. The number of piperazine rings is 1. The van der Waals surface area contributed by atoms with Crippen molar-refractivity contribution in [2.45, 2.75) is 26.4 Å². The van der Waals surface area contributed by atoms with Crippen molar-refractivity contribution in [2.24, 2.45) is 7.05 Å². The second kappa shape index (κ2) is 7.42. The number of aromatic nitrogens is 5. The van der Waals surface area contributed by atoms with Crippen molar-refractivity contribution in [2.75, 3.05) is 32.7 Å². The van der Waals surface area contributed by atoms with Crippen molar-refractivity contribution in [3.05, 3.63) is 29.1 Å². The Kier molecular flexibility index (Phi) is 5.30. The SMILES string of the molecule is CCc1nn(C)c(Cl)c1CN1CCN(CCn2cncn2)CC1. The molecule has 2 aromatic heterocycles. The standard InChI is InChI=1S/C15H24ClN7/c1-3-14-13(15(16)20(2)19-14)10-22-6-4-21(5-7-22)8-9-23-12-17-11-18-23/h11-12H,3-10H2,1-2H3. The zero-order chi connectivity index (χ0) is 16.2. The van der Waals surface area contributed by atoms with E-state index in [0.717, 1.165) is 63.1 Å². The molecule has 0 N–H and O–H groups in total. The van der Waals surface area contributed by atoms with Gasteiger partial charge < -0.3 is 0 Å². The molecular weight excluding hydrogens is 314 g/mol. The lowest BCUT2D eigenvalue weighted by atomic mass is 10.2. The molecule has 0 amide bonds. The van der Waals surface area contributed by atoms with Crippen LogP contribution in [0.5, 0.6) is 0 Å². The molecule has 1 aliphatic rings. The van der Waals surface area contributed by atoms with Gasteiger partial charge in [0.1, 0.15) is 17.8 Å². The van der Waals surface area contributed by atoms with Gasteiger partial charge in [0, 0.05) is 51.9 Å². The maximum atomic E-state index is 6.40. The minimum absolute atomic E-state index is 0.774. The molecule has 0 saturated carbocycles. The van der Waals surface area contributed by atoms with Crippen LogP contribution >= 0.6 is 11.6 Å². The second-order valence-corrected chi connectivity index (χ2v) is 6.33. The summed E-state index contributed by atoms with van der Waals surface area (Å²) in [6, 6.07) is 0. The van der Waals surface area contributed by atoms with Crippen LogP contribution in [-0.4, -0.2) is 67.1 Å². The van der Waals surface area contributed by atoms with Crippen LogP contribution in [0.2, 0.25) is 5.15 Å². The van der Waals surface area contributed by atoms with Crippen LogP contribution in [0.25, 0.3) is 0 Å². The van der Waals surface area contributed by atoms with E-state index in [2.05, 4.69) is 31.9 Å². The number of nitrogens with zero attached hydrogens (tertiary/aromatic N) is 7. The minimum atomic E-state index is 0.774. The molecule has 0 spiro atoms. The number of hydrogen-bond donors (Lipinski definition) is 0. The molecule has 0 aliphatic carbocycles. The molecule has 1 fully saturated rings. The zero-order valence-corrected chi connectivity index (χ0v) is 14.6. The molecule has 1 saturated heterocycles. The first-order valence-electron chi connectivity index (χ1n) is 8.14. The molecule has 0 unspecified atom stereocenters. The zero-order valence-electron chi connectivity index (χ0n) is 13.8. The summed E-state index contributed by atoms with van der Waals surface area (Å²) in [5.41, 5.74) is 2.30. The highest BCUT2D eigenvalue weighted by molar-refractivity contribution is 6.30. The Labute approximate surface area is 141 Å². The van der Waals surface area contributed by atoms with Gasteiger partial charge in [0.2, 0.25) is 0 Å². The van der Waals surface area contributed by atoms with Crippen molar-refractivity contribution in [1.82, 2.24) is 34.3 Å². The summed E-state index contributed by atoms with van der Waals surface area (Å²) in [6.07, 6.45) is 4.28. The third-order valence-electron chi connectivity index (χ3n) is 4.45. The number of halogens is 1. The van der Waals surface area contributed by atoms with E-state index in [-0.39, 0.29) is 0 Å². The maximum Gasteiger partial charge on any atom is 0.137 e. The second-order valence-electron chi connectivity index (χ2n) is 5.97. The molecule has 1 aliphatic heterocycles. The third-order valence-corrected chi connectivity index (χ3v) is 4.92. The van der Waals surface area contributed by atoms with Gasteiger partial charge in [0.15, 0.2) is 0 Å². The number of aryl methyl sites for hydroxylation is 2. The molecule has 3 rings (SSSR count). The van der Waals surface area contributed by atoms with E-state index >= 15 is 0 Å². The summed E-state index contributed by atoms with van der Waals surface area (Å²) < 4.78 is 3.67. The maximum absolute atomic E-state index is 6.40. The first-order valence-corrected chi connectivity index (χ1v) is 8.52. The molecular formula is C15H24ClN7. The predicted molar refractivity (Wildman–Crippen MR) is 89.3 cm³/mol. The molecule has 8 heteroatoms. The van der Waals surface area contributed by atoms with Crippen molar-refractivity contribution in [1.29, 1.82) is 0 Å². The van der Waals surface area contributed by atoms with Crippen LogP contribution in [0.4, 0.5) is 0 Å². The molecule has 0 bridgehead atoms. The van der Waals surface area contributed by atoms with E-state index < -0.39 is 0 Å². The summed E-state index contributed by atoms with van der Waals surface area (Å²) in [7, 11) is 1.91. The van der Waals surface area contributed by atoms with Gasteiger partial charge in [-0.25, -0.2) is 4.98 Å². The fraction of sp³-hybridized carbons (Fsp3) is 0.667. The van der Waals surface area contributed by atoms with Gasteiger partial charge in [-0.15, -0.1) is 0 Å². The smallest absolute Gasteiger partial charge is 0.137 e. The number of rotatable bonds is 6. The first kappa shape index (κ1) is 16.4. The van der Waals surface area contributed by atoms with E-state index in [1.165, 1.54) is 5.56 Å². The lowest BCUT2D eigenvalue weighted by molar-refractivity contribution is 0.123. The van der Waals surface area contributed by atoms with Crippen LogP contribution < -0.4 is 0 Å². The Bertz CT molecular complexity index is 614. The van der Waals surface area contributed by atoms with Gasteiger partial charge >= 0.3 is 0 Å². The molecule has 0 atom stereocenters. The largest absolute Gasteiger partial charge is 0.299 e. The highest BCUT2D eigenvalue weighted by Gasteiger charge is 2.21.